The van der Waals surface area contributed by atoms with Gasteiger partial charge in [0.2, 0.25) is 0 Å². The average molecular weight is 333 g/mol. The van der Waals surface area contributed by atoms with E-state index in [0.717, 1.165) is 6.42 Å². The van der Waals surface area contributed by atoms with Gasteiger partial charge in [0.25, 0.3) is 0 Å². The Balaban J connectivity index is 1.83. The van der Waals surface area contributed by atoms with E-state index in [1.54, 1.807) is 31.4 Å². The number of piperidine rings is 1. The third kappa shape index (κ3) is 2.91. The van der Waals surface area contributed by atoms with Gasteiger partial charge in [-0.15, -0.1) is 0 Å². The fourth-order valence-electron chi connectivity index (χ4n) is 4.02. The minimum Gasteiger partial charge on any atom is -0.469 e. The second-order valence-corrected chi connectivity index (χ2v) is 6.40. The Morgan fingerprint density at radius 1 is 1.04 bits per heavy atom. The van der Waals surface area contributed by atoms with Crippen LogP contribution in [0.4, 0.5) is 0 Å². The first-order valence-corrected chi connectivity index (χ1v) is 8.15. The van der Waals surface area contributed by atoms with Crippen LogP contribution in [-0.2, 0) is 19.0 Å². The van der Waals surface area contributed by atoms with Crippen LogP contribution in [0.1, 0.15) is 23.2 Å². The van der Waals surface area contributed by atoms with Crippen molar-refractivity contribution in [1.29, 1.82) is 0 Å². The highest BCUT2D eigenvalue weighted by Gasteiger charge is 2.55. The Morgan fingerprint density at radius 3 is 2.33 bits per heavy atom. The van der Waals surface area contributed by atoms with Crippen LogP contribution in [0.3, 0.4) is 0 Å². The Kier molecular flexibility index (Phi) is 4.87. The van der Waals surface area contributed by atoms with Gasteiger partial charge in [-0.1, -0.05) is 18.2 Å². The maximum atomic E-state index is 12.4. The van der Waals surface area contributed by atoms with Crippen LogP contribution in [0.15, 0.2) is 30.3 Å². The number of hydrogen-bond donors (Lipinski definition) is 0. The maximum Gasteiger partial charge on any atom is 0.338 e. The molecule has 2 saturated heterocycles. The van der Waals surface area contributed by atoms with E-state index in [-0.39, 0.29) is 24.2 Å². The van der Waals surface area contributed by atoms with Crippen molar-refractivity contribution in [3.63, 3.8) is 0 Å². The highest BCUT2D eigenvalue weighted by Crippen LogP contribution is 2.41. The van der Waals surface area contributed by atoms with Crippen LogP contribution in [0.2, 0.25) is 0 Å². The number of likely N-dealkylation sites (N-methyl/N-ethyl adjacent to an activating group) is 1. The summed E-state index contributed by atoms with van der Waals surface area (Å²) < 4.78 is 16.3. The van der Waals surface area contributed by atoms with Gasteiger partial charge in [-0.3, -0.25) is 9.69 Å². The number of methoxy groups -OCH3 is 2. The Morgan fingerprint density at radius 2 is 1.71 bits per heavy atom. The van der Waals surface area contributed by atoms with Crippen molar-refractivity contribution >= 4 is 11.9 Å². The lowest BCUT2D eigenvalue weighted by Gasteiger charge is -2.40. The van der Waals surface area contributed by atoms with Gasteiger partial charge in [-0.2, -0.15) is 0 Å². The molecule has 0 saturated carbocycles. The van der Waals surface area contributed by atoms with Crippen molar-refractivity contribution in [3.8, 4) is 0 Å². The molecule has 0 N–H and O–H groups in total. The molecule has 24 heavy (non-hydrogen) atoms. The molecular formula is C18H23NO5. The number of hydrogen-bond acceptors (Lipinski definition) is 6. The summed E-state index contributed by atoms with van der Waals surface area (Å²) in [6.07, 6.45) is 0.824. The molecule has 2 aliphatic rings. The van der Waals surface area contributed by atoms with Gasteiger partial charge in [0.1, 0.15) is 12.0 Å². The highest BCUT2D eigenvalue weighted by molar-refractivity contribution is 5.89. The van der Waals surface area contributed by atoms with Gasteiger partial charge >= 0.3 is 11.9 Å². The molecule has 3 rings (SSSR count). The molecule has 2 aliphatic heterocycles. The largest absolute Gasteiger partial charge is 0.469 e. The van der Waals surface area contributed by atoms with Crippen LogP contribution in [0.5, 0.6) is 0 Å². The van der Waals surface area contributed by atoms with E-state index in [2.05, 4.69) is 4.90 Å². The zero-order chi connectivity index (χ0) is 17.3. The summed E-state index contributed by atoms with van der Waals surface area (Å²) >= 11 is 0. The third-order valence-electron chi connectivity index (χ3n) is 5.28. The van der Waals surface area contributed by atoms with Crippen molar-refractivity contribution in [1.82, 2.24) is 4.90 Å². The van der Waals surface area contributed by atoms with Gasteiger partial charge in [-0.05, 0) is 25.6 Å². The molecule has 2 fully saturated rings. The molecule has 1 aromatic carbocycles. The Bertz CT molecular complexity index is 605. The molecule has 6 nitrogen and oxygen atoms in total. The lowest BCUT2D eigenvalue weighted by molar-refractivity contribution is -0.156. The molecule has 130 valence electrons. The number of nitrogens with zero attached hydrogens (tertiary/aromatic N) is 1. The van der Waals surface area contributed by atoms with Crippen LogP contribution >= 0.6 is 0 Å². The molecule has 2 heterocycles. The monoisotopic (exact) mass is 333 g/mol. The van der Waals surface area contributed by atoms with E-state index in [4.69, 9.17) is 14.2 Å². The molecular weight excluding hydrogens is 310 g/mol. The molecule has 0 amide bonds. The number of esters is 2. The number of rotatable bonds is 4. The maximum absolute atomic E-state index is 12.4. The van der Waals surface area contributed by atoms with Crippen LogP contribution in [0, 0.1) is 5.92 Å². The molecule has 5 atom stereocenters. The topological polar surface area (TPSA) is 65.1 Å². The number of carbonyl (C=O) groups excluding carboxylic acids is 2. The van der Waals surface area contributed by atoms with Crippen LogP contribution in [-0.4, -0.2) is 62.4 Å². The van der Waals surface area contributed by atoms with Gasteiger partial charge < -0.3 is 14.2 Å². The number of fused-ring (bicyclic) bond motifs is 2. The normalized spacial score (nSPS) is 32.4. The summed E-state index contributed by atoms with van der Waals surface area (Å²) in [5, 5.41) is 0. The van der Waals surface area contributed by atoms with Gasteiger partial charge in [-0.25, -0.2) is 4.79 Å². The molecule has 0 aromatic heterocycles. The second-order valence-electron chi connectivity index (χ2n) is 6.40. The SMILES string of the molecule is COC(=O)[C@H]1[C@H](OC(=O)c2ccccc2)C[C@H]2[C@@H](OC)C[C@@H]1N2C. The summed E-state index contributed by atoms with van der Waals surface area (Å²) in [5.41, 5.74) is 0.482. The average Bonchev–Trinajstić information content (AvgIpc) is 2.81. The Hall–Kier alpha value is -1.92. The molecule has 0 unspecified atom stereocenters. The van der Waals surface area contributed by atoms with Crippen LogP contribution in [0.25, 0.3) is 0 Å². The minimum atomic E-state index is -0.503. The first-order valence-electron chi connectivity index (χ1n) is 8.15. The molecule has 0 spiro atoms. The van der Waals surface area contributed by atoms with Gasteiger partial charge in [0, 0.05) is 25.6 Å². The smallest absolute Gasteiger partial charge is 0.338 e. The lowest BCUT2D eigenvalue weighted by atomic mass is 9.87. The minimum absolute atomic E-state index is 0.0348. The summed E-state index contributed by atoms with van der Waals surface area (Å²) in [6, 6.07) is 8.91. The molecule has 2 bridgehead atoms. The van der Waals surface area contributed by atoms with Crippen molar-refractivity contribution in [2.24, 2.45) is 5.92 Å². The van der Waals surface area contributed by atoms with E-state index >= 15 is 0 Å². The zero-order valence-corrected chi connectivity index (χ0v) is 14.2. The van der Waals surface area contributed by atoms with Gasteiger partial charge in [0.05, 0.1) is 18.8 Å². The van der Waals surface area contributed by atoms with E-state index in [0.29, 0.717) is 12.0 Å². The van der Waals surface area contributed by atoms with Crippen molar-refractivity contribution in [2.75, 3.05) is 21.3 Å². The van der Waals surface area contributed by atoms with Crippen LogP contribution < -0.4 is 0 Å². The van der Waals surface area contributed by atoms with Gasteiger partial charge in [0.15, 0.2) is 0 Å². The predicted molar refractivity (Wildman–Crippen MR) is 86.5 cm³/mol. The summed E-state index contributed by atoms with van der Waals surface area (Å²) in [5.74, 6) is -1.25. The van der Waals surface area contributed by atoms with Crippen molar-refractivity contribution in [2.45, 2.75) is 37.1 Å². The van der Waals surface area contributed by atoms with Crippen molar-refractivity contribution < 1.29 is 23.8 Å². The summed E-state index contributed by atoms with van der Waals surface area (Å²) in [6.45, 7) is 0. The standard InChI is InChI=1S/C18H23NO5/c1-19-12-9-15(24-17(20)11-7-5-4-6-8-11)16(18(21)23-3)13(19)10-14(12)22-2/h4-8,12-16H,9-10H2,1-3H3/t12-,13-,14-,15+,16+/m0/s1. The first-order chi connectivity index (χ1) is 11.6. The fraction of sp³-hybridized carbons (Fsp3) is 0.556. The third-order valence-corrected chi connectivity index (χ3v) is 5.28. The molecule has 0 radical (unpaired) electrons. The van der Waals surface area contributed by atoms with E-state index < -0.39 is 18.0 Å². The lowest BCUT2D eigenvalue weighted by Crippen LogP contribution is -2.54. The number of benzene rings is 1. The first kappa shape index (κ1) is 16.9. The van der Waals surface area contributed by atoms with E-state index in [1.165, 1.54) is 7.11 Å². The number of ether oxygens (including phenoxy) is 3. The predicted octanol–water partition coefficient (Wildman–Crippen LogP) is 1.49. The molecule has 1 aromatic rings. The zero-order valence-electron chi connectivity index (χ0n) is 14.2. The molecule has 0 aliphatic carbocycles. The quantitative estimate of drug-likeness (QED) is 0.778. The highest BCUT2D eigenvalue weighted by atomic mass is 16.6. The Labute approximate surface area is 141 Å². The summed E-state index contributed by atoms with van der Waals surface area (Å²) in [7, 11) is 5.03. The number of carbonyl (C=O) groups is 2. The van der Waals surface area contributed by atoms with E-state index in [9.17, 15) is 9.59 Å². The van der Waals surface area contributed by atoms with E-state index in [1.807, 2.05) is 13.1 Å². The summed E-state index contributed by atoms with van der Waals surface area (Å²) in [4.78, 5) is 26.9. The fourth-order valence-corrected chi connectivity index (χ4v) is 4.02. The molecule has 6 heteroatoms. The van der Waals surface area contributed by atoms with Crippen molar-refractivity contribution in [3.05, 3.63) is 35.9 Å². The second kappa shape index (κ2) is 6.91.